The Bertz CT molecular complexity index is 212. The minimum absolute atomic E-state index is 0.230. The Morgan fingerprint density at radius 1 is 1.41 bits per heavy atom. The van der Waals surface area contributed by atoms with Gasteiger partial charge in [0.2, 0.25) is 0 Å². The van der Waals surface area contributed by atoms with Crippen LogP contribution in [0.4, 0.5) is 0 Å². The lowest BCUT2D eigenvalue weighted by Crippen LogP contribution is -2.35. The summed E-state index contributed by atoms with van der Waals surface area (Å²) in [6.07, 6.45) is 1.47. The summed E-state index contributed by atoms with van der Waals surface area (Å²) in [5.74, 6) is 0.255. The van der Waals surface area contributed by atoms with Crippen molar-refractivity contribution in [2.45, 2.75) is 25.8 Å². The molecular weight excluding hydrogens is 222 g/mol. The van der Waals surface area contributed by atoms with Gasteiger partial charge in [-0.05, 0) is 20.4 Å². The SMILES string of the molecule is COCCCOCCN(C)C(C)CC(N)=NO. The van der Waals surface area contributed by atoms with E-state index in [2.05, 4.69) is 10.1 Å². The Kier molecular flexibility index (Phi) is 9.80. The summed E-state index contributed by atoms with van der Waals surface area (Å²) >= 11 is 0. The number of amidine groups is 1. The van der Waals surface area contributed by atoms with E-state index >= 15 is 0 Å². The van der Waals surface area contributed by atoms with Crippen LogP contribution >= 0.6 is 0 Å². The number of rotatable bonds is 10. The van der Waals surface area contributed by atoms with Crippen LogP contribution in [0.5, 0.6) is 0 Å². The lowest BCUT2D eigenvalue weighted by molar-refractivity contribution is 0.0823. The van der Waals surface area contributed by atoms with Gasteiger partial charge in [-0.3, -0.25) is 0 Å². The van der Waals surface area contributed by atoms with Gasteiger partial charge in [-0.25, -0.2) is 0 Å². The van der Waals surface area contributed by atoms with Crippen LogP contribution in [0, 0.1) is 0 Å². The second kappa shape index (κ2) is 10.3. The van der Waals surface area contributed by atoms with Crippen LogP contribution in [0.2, 0.25) is 0 Å². The summed E-state index contributed by atoms with van der Waals surface area (Å²) in [5.41, 5.74) is 5.45. The summed E-state index contributed by atoms with van der Waals surface area (Å²) in [7, 11) is 3.68. The van der Waals surface area contributed by atoms with Crippen molar-refractivity contribution >= 4 is 5.84 Å². The lowest BCUT2D eigenvalue weighted by atomic mass is 10.2. The molecule has 102 valence electrons. The fraction of sp³-hybridized carbons (Fsp3) is 0.909. The van der Waals surface area contributed by atoms with Crippen molar-refractivity contribution in [2.75, 3.05) is 40.5 Å². The molecule has 0 radical (unpaired) electrons. The number of hydrogen-bond acceptors (Lipinski definition) is 5. The number of hydrogen-bond donors (Lipinski definition) is 2. The summed E-state index contributed by atoms with van der Waals surface area (Å²) in [6, 6.07) is 0.230. The first-order valence-electron chi connectivity index (χ1n) is 5.85. The van der Waals surface area contributed by atoms with Gasteiger partial charge in [0.25, 0.3) is 0 Å². The first-order valence-corrected chi connectivity index (χ1v) is 5.85. The molecule has 1 unspecified atom stereocenters. The van der Waals surface area contributed by atoms with Gasteiger partial charge in [0.05, 0.1) is 6.61 Å². The van der Waals surface area contributed by atoms with E-state index in [0.717, 1.165) is 26.2 Å². The number of ether oxygens (including phenoxy) is 2. The van der Waals surface area contributed by atoms with Gasteiger partial charge in [-0.1, -0.05) is 5.16 Å². The molecular formula is C11H25N3O3. The topological polar surface area (TPSA) is 80.3 Å². The van der Waals surface area contributed by atoms with Gasteiger partial charge >= 0.3 is 0 Å². The van der Waals surface area contributed by atoms with Crippen LogP contribution in [-0.2, 0) is 9.47 Å². The minimum Gasteiger partial charge on any atom is -0.409 e. The molecule has 0 aliphatic rings. The highest BCUT2D eigenvalue weighted by molar-refractivity contribution is 5.80. The molecule has 0 rings (SSSR count). The average molecular weight is 247 g/mol. The molecule has 0 aliphatic carbocycles. The molecule has 0 aromatic carbocycles. The molecule has 0 aliphatic heterocycles. The van der Waals surface area contributed by atoms with E-state index < -0.39 is 0 Å². The Morgan fingerprint density at radius 2 is 2.12 bits per heavy atom. The minimum atomic E-state index is 0.230. The van der Waals surface area contributed by atoms with E-state index in [1.165, 1.54) is 0 Å². The zero-order valence-electron chi connectivity index (χ0n) is 11.1. The Morgan fingerprint density at radius 3 is 2.71 bits per heavy atom. The van der Waals surface area contributed by atoms with Crippen molar-refractivity contribution in [1.29, 1.82) is 0 Å². The molecule has 17 heavy (non-hydrogen) atoms. The third kappa shape index (κ3) is 8.91. The highest BCUT2D eigenvalue weighted by Gasteiger charge is 2.10. The smallest absolute Gasteiger partial charge is 0.140 e. The number of nitrogens with two attached hydrogens (primary N) is 1. The maximum Gasteiger partial charge on any atom is 0.140 e. The molecule has 0 fully saturated rings. The summed E-state index contributed by atoms with van der Waals surface area (Å²) in [6.45, 7) is 4.99. The second-order valence-corrected chi connectivity index (χ2v) is 4.08. The quantitative estimate of drug-likeness (QED) is 0.193. The number of nitrogens with zero attached hydrogens (tertiary/aromatic N) is 2. The van der Waals surface area contributed by atoms with Gasteiger partial charge in [-0.15, -0.1) is 0 Å². The van der Waals surface area contributed by atoms with E-state index in [4.69, 9.17) is 20.4 Å². The number of oxime groups is 1. The molecule has 0 aromatic rings. The van der Waals surface area contributed by atoms with Crippen LogP contribution in [0.1, 0.15) is 19.8 Å². The van der Waals surface area contributed by atoms with Gasteiger partial charge in [0.1, 0.15) is 5.84 Å². The lowest BCUT2D eigenvalue weighted by Gasteiger charge is -2.23. The zero-order valence-corrected chi connectivity index (χ0v) is 11.1. The standard InChI is InChI=1S/C11H25N3O3/c1-10(9-11(12)13-15)14(2)5-8-17-7-4-6-16-3/h10,15H,4-9H2,1-3H3,(H2,12,13). The summed E-state index contributed by atoms with van der Waals surface area (Å²) in [4.78, 5) is 2.12. The fourth-order valence-corrected chi connectivity index (χ4v) is 1.34. The van der Waals surface area contributed by atoms with E-state index in [9.17, 15) is 0 Å². The zero-order chi connectivity index (χ0) is 13.1. The van der Waals surface area contributed by atoms with Crippen molar-refractivity contribution in [2.24, 2.45) is 10.9 Å². The molecule has 6 heteroatoms. The van der Waals surface area contributed by atoms with Crippen molar-refractivity contribution in [1.82, 2.24) is 4.90 Å². The second-order valence-electron chi connectivity index (χ2n) is 4.08. The van der Waals surface area contributed by atoms with Crippen molar-refractivity contribution in [3.63, 3.8) is 0 Å². The van der Waals surface area contributed by atoms with Crippen LogP contribution in [-0.4, -0.2) is 62.5 Å². The molecule has 0 amide bonds. The van der Waals surface area contributed by atoms with Gasteiger partial charge in [0.15, 0.2) is 0 Å². The highest BCUT2D eigenvalue weighted by atomic mass is 16.5. The Hall–Kier alpha value is -0.850. The summed E-state index contributed by atoms with van der Waals surface area (Å²) in [5, 5.41) is 11.4. The largest absolute Gasteiger partial charge is 0.409 e. The molecule has 0 saturated carbocycles. The maximum absolute atomic E-state index is 8.47. The normalized spacial score (nSPS) is 14.2. The van der Waals surface area contributed by atoms with Crippen LogP contribution < -0.4 is 5.73 Å². The van der Waals surface area contributed by atoms with E-state index in [0.29, 0.717) is 13.0 Å². The fourth-order valence-electron chi connectivity index (χ4n) is 1.34. The Balaban J connectivity index is 3.53. The molecule has 0 saturated heterocycles. The first-order chi connectivity index (χ1) is 8.11. The molecule has 0 aromatic heterocycles. The molecule has 6 nitrogen and oxygen atoms in total. The molecule has 0 spiro atoms. The highest BCUT2D eigenvalue weighted by Crippen LogP contribution is 2.00. The first kappa shape index (κ1) is 16.1. The average Bonchev–Trinajstić information content (AvgIpc) is 2.32. The predicted octanol–water partition coefficient (Wildman–Crippen LogP) is 0.496. The number of methoxy groups -OCH3 is 1. The van der Waals surface area contributed by atoms with Crippen molar-refractivity contribution in [3.05, 3.63) is 0 Å². The molecule has 3 N–H and O–H groups in total. The van der Waals surface area contributed by atoms with Crippen LogP contribution in [0.3, 0.4) is 0 Å². The molecule has 0 heterocycles. The van der Waals surface area contributed by atoms with Crippen LogP contribution in [0.25, 0.3) is 0 Å². The maximum atomic E-state index is 8.47. The van der Waals surface area contributed by atoms with Crippen molar-refractivity contribution in [3.8, 4) is 0 Å². The molecule has 0 bridgehead atoms. The summed E-state index contributed by atoms with van der Waals surface area (Å²) < 4.78 is 10.4. The van der Waals surface area contributed by atoms with E-state index in [-0.39, 0.29) is 11.9 Å². The van der Waals surface area contributed by atoms with Gasteiger partial charge < -0.3 is 25.3 Å². The number of likely N-dealkylation sites (N-methyl/N-ethyl adjacent to an activating group) is 1. The van der Waals surface area contributed by atoms with E-state index in [1.54, 1.807) is 7.11 Å². The Labute approximate surface area is 103 Å². The van der Waals surface area contributed by atoms with Crippen molar-refractivity contribution < 1.29 is 14.7 Å². The predicted molar refractivity (Wildman–Crippen MR) is 67.4 cm³/mol. The van der Waals surface area contributed by atoms with Gasteiger partial charge in [0, 0.05) is 39.3 Å². The molecule has 1 atom stereocenters. The third-order valence-corrected chi connectivity index (χ3v) is 2.61. The third-order valence-electron chi connectivity index (χ3n) is 2.61. The monoisotopic (exact) mass is 247 g/mol. The van der Waals surface area contributed by atoms with Crippen LogP contribution in [0.15, 0.2) is 5.16 Å². The van der Waals surface area contributed by atoms with E-state index in [1.807, 2.05) is 14.0 Å². The van der Waals surface area contributed by atoms with Gasteiger partial charge in [-0.2, -0.15) is 0 Å².